The number of hydrogen-bond donors (Lipinski definition) is 1. The van der Waals surface area contributed by atoms with E-state index in [2.05, 4.69) is 44.1 Å². The smallest absolute Gasteiger partial charge is 0.341 e. The Balaban J connectivity index is 1.99. The molecule has 0 aliphatic rings. The van der Waals surface area contributed by atoms with Crippen LogP contribution in [0.2, 0.25) is 0 Å². The number of pyridine rings is 1. The van der Waals surface area contributed by atoms with Gasteiger partial charge in [0.2, 0.25) is 0 Å². The predicted molar refractivity (Wildman–Crippen MR) is 122 cm³/mol. The van der Waals surface area contributed by atoms with Gasteiger partial charge in [0.25, 0.3) is 0 Å². The number of benzene rings is 1. The summed E-state index contributed by atoms with van der Waals surface area (Å²) in [6.45, 7) is 10.4. The van der Waals surface area contributed by atoms with E-state index in [9.17, 15) is 4.79 Å². The molecule has 0 bridgehead atoms. The van der Waals surface area contributed by atoms with E-state index >= 15 is 0 Å². The Kier molecular flexibility index (Phi) is 9.65. The fraction of sp³-hybridized carbons (Fsp3) is 0.520. The quantitative estimate of drug-likeness (QED) is 0.328. The minimum absolute atomic E-state index is 0.183. The second-order valence-electron chi connectivity index (χ2n) is 8.36. The lowest BCUT2D eigenvalue weighted by Gasteiger charge is -2.23. The van der Waals surface area contributed by atoms with Crippen molar-refractivity contribution in [1.82, 2.24) is 4.98 Å². The third-order valence-corrected chi connectivity index (χ3v) is 5.18. The van der Waals surface area contributed by atoms with Crippen LogP contribution in [0.3, 0.4) is 0 Å². The Morgan fingerprint density at radius 1 is 1.10 bits per heavy atom. The fourth-order valence-corrected chi connectivity index (χ4v) is 2.98. The highest BCUT2D eigenvalue weighted by atomic mass is 16.5. The summed E-state index contributed by atoms with van der Waals surface area (Å²) in [6.07, 6.45) is 6.40. The second kappa shape index (κ2) is 12.2. The molecular formula is C25H36N2O3. The van der Waals surface area contributed by atoms with Crippen molar-refractivity contribution < 1.29 is 14.3 Å². The minimum atomic E-state index is -0.304. The molecule has 1 heterocycles. The normalized spacial score (nSPS) is 11.2. The Morgan fingerprint density at radius 3 is 2.63 bits per heavy atom. The van der Waals surface area contributed by atoms with Crippen molar-refractivity contribution >= 4 is 11.8 Å². The van der Waals surface area contributed by atoms with Crippen LogP contribution < -0.4 is 10.1 Å². The molecule has 0 fully saturated rings. The van der Waals surface area contributed by atoms with Gasteiger partial charge in [-0.2, -0.15) is 0 Å². The van der Waals surface area contributed by atoms with Gasteiger partial charge in [-0.05, 0) is 54.5 Å². The molecule has 0 atom stereocenters. The van der Waals surface area contributed by atoms with E-state index in [0.29, 0.717) is 24.5 Å². The van der Waals surface area contributed by atoms with E-state index in [1.807, 2.05) is 30.3 Å². The van der Waals surface area contributed by atoms with E-state index < -0.39 is 0 Å². The molecule has 0 amide bonds. The zero-order chi connectivity index (χ0) is 21.8. The monoisotopic (exact) mass is 412 g/mol. The van der Waals surface area contributed by atoms with Gasteiger partial charge in [-0.25, -0.2) is 9.78 Å². The van der Waals surface area contributed by atoms with Gasteiger partial charge in [-0.3, -0.25) is 0 Å². The van der Waals surface area contributed by atoms with Crippen molar-refractivity contribution in [3.05, 3.63) is 53.7 Å². The van der Waals surface area contributed by atoms with Crippen LogP contribution in [0.1, 0.15) is 69.3 Å². The largest absolute Gasteiger partial charge is 0.493 e. The molecule has 0 radical (unpaired) electrons. The number of nitrogens with one attached hydrogen (secondary N) is 1. The highest BCUT2D eigenvalue weighted by Crippen LogP contribution is 2.29. The molecule has 1 N–H and O–H groups in total. The summed E-state index contributed by atoms with van der Waals surface area (Å²) >= 11 is 0. The molecule has 2 rings (SSSR count). The third-order valence-electron chi connectivity index (χ3n) is 5.18. The first-order valence-corrected chi connectivity index (χ1v) is 11.0. The SMILES string of the molecule is CCCCOC(=O)c1cc(CC(C)(C)CC)ccc1OCCCNc1ccccn1. The molecule has 164 valence electrons. The molecule has 5 heteroatoms. The maximum absolute atomic E-state index is 12.7. The van der Waals surface area contributed by atoms with Crippen LogP contribution in [-0.2, 0) is 11.2 Å². The number of anilines is 1. The summed E-state index contributed by atoms with van der Waals surface area (Å²) in [7, 11) is 0. The standard InChI is InChI=1S/C25H36N2O3/c1-5-7-16-30-24(28)21-18-20(19-25(3,4)6-2)12-13-22(21)29-17-10-15-27-23-11-8-9-14-26-23/h8-9,11-14,18H,5-7,10,15-17,19H2,1-4H3,(H,26,27). The van der Waals surface area contributed by atoms with Crippen LogP contribution in [0.15, 0.2) is 42.6 Å². The summed E-state index contributed by atoms with van der Waals surface area (Å²) in [6, 6.07) is 11.7. The highest BCUT2D eigenvalue weighted by molar-refractivity contribution is 5.92. The first kappa shape index (κ1) is 23.7. The molecule has 0 unspecified atom stereocenters. The number of carbonyl (C=O) groups is 1. The molecule has 30 heavy (non-hydrogen) atoms. The van der Waals surface area contributed by atoms with Crippen LogP contribution >= 0.6 is 0 Å². The van der Waals surface area contributed by atoms with Gasteiger partial charge in [-0.1, -0.05) is 52.7 Å². The maximum Gasteiger partial charge on any atom is 0.341 e. The minimum Gasteiger partial charge on any atom is -0.493 e. The zero-order valence-corrected chi connectivity index (χ0v) is 18.9. The highest BCUT2D eigenvalue weighted by Gasteiger charge is 2.20. The lowest BCUT2D eigenvalue weighted by atomic mass is 9.83. The van der Waals surface area contributed by atoms with E-state index in [0.717, 1.165) is 50.0 Å². The Labute approximate surface area is 181 Å². The number of ether oxygens (including phenoxy) is 2. The van der Waals surface area contributed by atoms with Crippen molar-refractivity contribution in [3.8, 4) is 5.75 Å². The zero-order valence-electron chi connectivity index (χ0n) is 18.9. The van der Waals surface area contributed by atoms with Crippen LogP contribution in [0.5, 0.6) is 5.75 Å². The Hall–Kier alpha value is -2.56. The van der Waals surface area contributed by atoms with Gasteiger partial charge in [0.1, 0.15) is 17.1 Å². The van der Waals surface area contributed by atoms with Gasteiger partial charge in [0.15, 0.2) is 0 Å². The molecular weight excluding hydrogens is 376 g/mol. The average molecular weight is 413 g/mol. The summed E-state index contributed by atoms with van der Waals surface area (Å²) in [5.41, 5.74) is 1.84. The molecule has 0 saturated carbocycles. The number of carbonyl (C=O) groups excluding carboxylic acids is 1. The van der Waals surface area contributed by atoms with Crippen molar-refractivity contribution in [3.63, 3.8) is 0 Å². The number of aromatic nitrogens is 1. The van der Waals surface area contributed by atoms with Gasteiger partial charge in [0.05, 0.1) is 13.2 Å². The Morgan fingerprint density at radius 2 is 1.93 bits per heavy atom. The fourth-order valence-electron chi connectivity index (χ4n) is 2.98. The summed E-state index contributed by atoms with van der Waals surface area (Å²) in [4.78, 5) is 16.9. The van der Waals surface area contributed by atoms with Crippen LogP contribution in [-0.4, -0.2) is 30.7 Å². The van der Waals surface area contributed by atoms with Gasteiger partial charge < -0.3 is 14.8 Å². The van der Waals surface area contributed by atoms with Crippen LogP contribution in [0.4, 0.5) is 5.82 Å². The van der Waals surface area contributed by atoms with E-state index in [1.165, 1.54) is 0 Å². The molecule has 5 nitrogen and oxygen atoms in total. The number of hydrogen-bond acceptors (Lipinski definition) is 5. The van der Waals surface area contributed by atoms with Gasteiger partial charge in [0, 0.05) is 12.7 Å². The van der Waals surface area contributed by atoms with E-state index in [4.69, 9.17) is 9.47 Å². The third kappa shape index (κ3) is 8.05. The van der Waals surface area contributed by atoms with Crippen molar-refractivity contribution in [1.29, 1.82) is 0 Å². The van der Waals surface area contributed by atoms with Crippen molar-refractivity contribution in [2.24, 2.45) is 5.41 Å². The van der Waals surface area contributed by atoms with Gasteiger partial charge >= 0.3 is 5.97 Å². The lowest BCUT2D eigenvalue weighted by Crippen LogP contribution is -2.15. The topological polar surface area (TPSA) is 60.5 Å². The van der Waals surface area contributed by atoms with Gasteiger partial charge in [-0.15, -0.1) is 0 Å². The molecule has 0 spiro atoms. The molecule has 1 aromatic heterocycles. The summed E-state index contributed by atoms with van der Waals surface area (Å²) < 4.78 is 11.4. The first-order chi connectivity index (χ1) is 14.4. The molecule has 0 aliphatic carbocycles. The number of rotatable bonds is 13. The number of esters is 1. The lowest BCUT2D eigenvalue weighted by molar-refractivity contribution is 0.0495. The maximum atomic E-state index is 12.7. The number of unbranched alkanes of at least 4 members (excludes halogenated alkanes) is 1. The second-order valence-corrected chi connectivity index (χ2v) is 8.36. The average Bonchev–Trinajstić information content (AvgIpc) is 2.75. The van der Waals surface area contributed by atoms with E-state index in [-0.39, 0.29) is 11.4 Å². The van der Waals surface area contributed by atoms with Crippen molar-refractivity contribution in [2.45, 2.75) is 59.8 Å². The predicted octanol–water partition coefficient (Wildman–Crippen LogP) is 5.90. The molecule has 0 aliphatic heterocycles. The van der Waals surface area contributed by atoms with Crippen molar-refractivity contribution in [2.75, 3.05) is 25.1 Å². The van der Waals surface area contributed by atoms with E-state index in [1.54, 1.807) is 6.20 Å². The summed E-state index contributed by atoms with van der Waals surface area (Å²) in [5.74, 6) is 1.13. The first-order valence-electron chi connectivity index (χ1n) is 11.0. The summed E-state index contributed by atoms with van der Waals surface area (Å²) in [5, 5.41) is 3.26. The Bertz CT molecular complexity index is 775. The van der Waals surface area contributed by atoms with Crippen LogP contribution in [0.25, 0.3) is 0 Å². The molecule has 0 saturated heterocycles. The van der Waals surface area contributed by atoms with Crippen LogP contribution in [0, 0.1) is 5.41 Å². The molecule has 1 aromatic carbocycles. The number of nitrogens with zero attached hydrogens (tertiary/aromatic N) is 1. The molecule has 2 aromatic rings.